The van der Waals surface area contributed by atoms with Gasteiger partial charge >= 0.3 is 6.18 Å². The number of fused-ring (bicyclic) bond motifs is 2. The monoisotopic (exact) mass is 554 g/mol. The van der Waals surface area contributed by atoms with Crippen LogP contribution in [-0.2, 0) is 17.4 Å². The van der Waals surface area contributed by atoms with Crippen LogP contribution in [0.3, 0.4) is 0 Å². The van der Waals surface area contributed by atoms with E-state index in [2.05, 4.69) is 37.0 Å². The van der Waals surface area contributed by atoms with Gasteiger partial charge in [0.25, 0.3) is 5.91 Å². The first-order chi connectivity index (χ1) is 18.9. The number of alkyl halides is 3. The molecule has 0 unspecified atom stereocenters. The molecule has 1 saturated carbocycles. The van der Waals surface area contributed by atoms with Crippen molar-refractivity contribution in [2.75, 3.05) is 23.7 Å². The number of carbonyl (C=O) groups is 1. The predicted molar refractivity (Wildman–Crippen MR) is 139 cm³/mol. The third-order valence-electron chi connectivity index (χ3n) is 6.93. The first-order valence-electron chi connectivity index (χ1n) is 12.6. The summed E-state index contributed by atoms with van der Waals surface area (Å²) in [6, 6.07) is 10.3. The van der Waals surface area contributed by atoms with Gasteiger partial charge in [-0.1, -0.05) is 6.07 Å². The van der Waals surface area contributed by atoms with Crippen LogP contribution >= 0.6 is 0 Å². The maximum Gasteiger partial charge on any atom is 0.405 e. The highest BCUT2D eigenvalue weighted by Gasteiger charge is 2.46. The van der Waals surface area contributed by atoms with Crippen LogP contribution in [0.5, 0.6) is 0 Å². The van der Waals surface area contributed by atoms with Gasteiger partial charge in [0.05, 0.1) is 17.2 Å². The molecule has 0 radical (unpaired) electrons. The number of hydrogen-bond acceptors (Lipinski definition) is 8. The van der Waals surface area contributed by atoms with Crippen molar-refractivity contribution in [3.8, 4) is 6.07 Å². The summed E-state index contributed by atoms with van der Waals surface area (Å²) < 4.78 is 52.7. The van der Waals surface area contributed by atoms with Crippen molar-refractivity contribution in [2.45, 2.75) is 50.2 Å². The number of carbonyl (C=O) groups excluding carboxylic acids is 1. The second-order valence-electron chi connectivity index (χ2n) is 10.4. The molecule has 40 heavy (non-hydrogen) atoms. The zero-order valence-corrected chi connectivity index (χ0v) is 21.7. The number of benzene rings is 1. The number of nitrogens with one attached hydrogen (secondary N) is 4. The molecule has 4 N–H and O–H groups in total. The molecule has 3 aromatic rings. The van der Waals surface area contributed by atoms with E-state index in [-0.39, 0.29) is 34.4 Å². The number of rotatable bonds is 7. The van der Waals surface area contributed by atoms with Gasteiger partial charge in [-0.05, 0) is 68.5 Å². The molecule has 5 rings (SSSR count). The fourth-order valence-corrected chi connectivity index (χ4v) is 4.68. The van der Waals surface area contributed by atoms with Crippen molar-refractivity contribution < 1.29 is 22.4 Å². The highest BCUT2D eigenvalue weighted by molar-refractivity contribution is 5.99. The molecule has 1 aliphatic heterocycles. The van der Waals surface area contributed by atoms with E-state index in [0.717, 1.165) is 38.1 Å². The standard InChI is InChI=1S/C27H26F4N8O/c1-25(2,13-32)21-19(28)5-6-20(37-21)38-22-17(23(40)34-14-27(29,30)31)12-33-24(39-22)36-16-3-4-18-15(11-16)7-10-35-26(18)8-9-26/h3-6,11-12,35H,7-10,14H2,1-2H3,(H,34,40)(H2,33,36,37,38,39). The summed E-state index contributed by atoms with van der Waals surface area (Å²) in [5, 5.41) is 20.7. The van der Waals surface area contributed by atoms with Gasteiger partial charge in [0.1, 0.15) is 29.6 Å². The van der Waals surface area contributed by atoms with E-state index in [1.54, 1.807) is 5.32 Å². The molecule has 0 bridgehead atoms. The molecule has 0 atom stereocenters. The van der Waals surface area contributed by atoms with Crippen molar-refractivity contribution in [1.82, 2.24) is 25.6 Å². The van der Waals surface area contributed by atoms with Gasteiger partial charge in [-0.3, -0.25) is 4.79 Å². The summed E-state index contributed by atoms with van der Waals surface area (Å²) in [6.07, 6.45) is -0.491. The van der Waals surface area contributed by atoms with Crippen molar-refractivity contribution >= 4 is 29.2 Å². The second-order valence-corrected chi connectivity index (χ2v) is 10.4. The Kier molecular flexibility index (Phi) is 6.83. The summed E-state index contributed by atoms with van der Waals surface area (Å²) in [6.45, 7) is 2.30. The zero-order chi connectivity index (χ0) is 28.7. The third kappa shape index (κ3) is 5.67. The lowest BCUT2D eigenvalue weighted by atomic mass is 9.90. The van der Waals surface area contributed by atoms with Gasteiger partial charge in [0, 0.05) is 24.0 Å². The van der Waals surface area contributed by atoms with Crippen LogP contribution in [-0.4, -0.2) is 40.1 Å². The summed E-state index contributed by atoms with van der Waals surface area (Å²) >= 11 is 0. The lowest BCUT2D eigenvalue weighted by Gasteiger charge is -2.27. The van der Waals surface area contributed by atoms with Crippen LogP contribution < -0.4 is 21.3 Å². The molecule has 1 aliphatic carbocycles. The average molecular weight is 555 g/mol. The molecule has 3 heterocycles. The lowest BCUT2D eigenvalue weighted by molar-refractivity contribution is -0.123. The minimum Gasteiger partial charge on any atom is -0.343 e. The normalized spacial score (nSPS) is 15.6. The largest absolute Gasteiger partial charge is 0.405 e. The number of halogens is 4. The second kappa shape index (κ2) is 10.0. The Morgan fingerprint density at radius 2 is 1.93 bits per heavy atom. The molecule has 1 amide bonds. The molecule has 1 spiro atoms. The van der Waals surface area contributed by atoms with Crippen LogP contribution in [0.1, 0.15) is 53.9 Å². The summed E-state index contributed by atoms with van der Waals surface area (Å²) in [7, 11) is 0. The topological polar surface area (TPSA) is 128 Å². The van der Waals surface area contributed by atoms with Crippen molar-refractivity contribution in [3.63, 3.8) is 0 Å². The van der Waals surface area contributed by atoms with Crippen LogP contribution in [0.4, 0.5) is 40.8 Å². The Morgan fingerprint density at radius 1 is 1.15 bits per heavy atom. The molecule has 13 heteroatoms. The van der Waals surface area contributed by atoms with Gasteiger partial charge in [0.2, 0.25) is 5.95 Å². The number of aromatic nitrogens is 3. The van der Waals surface area contributed by atoms with Gasteiger partial charge in [-0.2, -0.15) is 23.4 Å². The fourth-order valence-electron chi connectivity index (χ4n) is 4.68. The smallest absolute Gasteiger partial charge is 0.343 e. The Bertz CT molecular complexity index is 1510. The predicted octanol–water partition coefficient (Wildman–Crippen LogP) is 4.73. The molecule has 1 fully saturated rings. The SMILES string of the molecule is CC(C)(C#N)c1nc(Nc2nc(Nc3ccc4c(c3)CCNC43CC3)ncc2C(=O)NCC(F)(F)F)ccc1F. The van der Waals surface area contributed by atoms with E-state index >= 15 is 0 Å². The van der Waals surface area contributed by atoms with Crippen molar-refractivity contribution in [3.05, 3.63) is 64.7 Å². The zero-order valence-electron chi connectivity index (χ0n) is 21.7. The minimum atomic E-state index is -4.62. The molecule has 9 nitrogen and oxygen atoms in total. The molecular formula is C27H26F4N8O. The quantitative estimate of drug-likeness (QED) is 0.309. The maximum atomic E-state index is 14.4. The molecular weight excluding hydrogens is 528 g/mol. The van der Waals surface area contributed by atoms with E-state index in [4.69, 9.17) is 0 Å². The Hall–Kier alpha value is -4.31. The molecule has 1 aromatic carbocycles. The van der Waals surface area contributed by atoms with Crippen LogP contribution in [0.2, 0.25) is 0 Å². The Balaban J connectivity index is 1.46. The number of nitrogens with zero attached hydrogens (tertiary/aromatic N) is 4. The number of pyridine rings is 1. The van der Waals surface area contributed by atoms with Crippen molar-refractivity contribution in [1.29, 1.82) is 5.26 Å². The van der Waals surface area contributed by atoms with Crippen LogP contribution in [0.25, 0.3) is 0 Å². The number of anilines is 4. The maximum absolute atomic E-state index is 14.4. The van der Waals surface area contributed by atoms with Gasteiger partial charge in [-0.25, -0.2) is 14.4 Å². The fraction of sp³-hybridized carbons (Fsp3) is 0.370. The van der Waals surface area contributed by atoms with E-state index in [1.807, 2.05) is 18.2 Å². The average Bonchev–Trinajstić information content (AvgIpc) is 3.68. The number of nitriles is 1. The summed E-state index contributed by atoms with van der Waals surface area (Å²) in [4.78, 5) is 25.3. The highest BCUT2D eigenvalue weighted by Crippen LogP contribution is 2.49. The molecule has 2 aromatic heterocycles. The van der Waals surface area contributed by atoms with Crippen molar-refractivity contribution in [2.24, 2.45) is 0 Å². The Morgan fingerprint density at radius 3 is 2.62 bits per heavy atom. The van der Waals surface area contributed by atoms with Crippen LogP contribution in [0.15, 0.2) is 36.5 Å². The van der Waals surface area contributed by atoms with E-state index < -0.39 is 29.9 Å². The van der Waals surface area contributed by atoms with Crippen LogP contribution in [0, 0.1) is 17.1 Å². The lowest BCUT2D eigenvalue weighted by Crippen LogP contribution is -2.36. The number of amides is 1. The highest BCUT2D eigenvalue weighted by atomic mass is 19.4. The minimum absolute atomic E-state index is 0.0326. The van der Waals surface area contributed by atoms with E-state index in [9.17, 15) is 27.6 Å². The first-order valence-corrected chi connectivity index (χ1v) is 12.6. The van der Waals surface area contributed by atoms with E-state index in [0.29, 0.717) is 5.69 Å². The Labute approximate surface area is 227 Å². The molecule has 0 saturated heterocycles. The van der Waals surface area contributed by atoms with Gasteiger partial charge in [-0.15, -0.1) is 0 Å². The third-order valence-corrected chi connectivity index (χ3v) is 6.93. The number of hydrogen-bond donors (Lipinski definition) is 4. The van der Waals surface area contributed by atoms with E-state index in [1.165, 1.54) is 31.0 Å². The molecule has 208 valence electrons. The molecule has 2 aliphatic rings. The van der Waals surface area contributed by atoms with Gasteiger partial charge < -0.3 is 21.3 Å². The summed E-state index contributed by atoms with van der Waals surface area (Å²) in [5.74, 6) is -1.83. The van der Waals surface area contributed by atoms with Gasteiger partial charge in [0.15, 0.2) is 0 Å². The summed E-state index contributed by atoms with van der Waals surface area (Å²) in [5.41, 5.74) is 1.53. The first kappa shape index (κ1) is 27.3.